The zero-order valence-electron chi connectivity index (χ0n) is 17.7. The summed E-state index contributed by atoms with van der Waals surface area (Å²) in [5.41, 5.74) is 1.92. The summed E-state index contributed by atoms with van der Waals surface area (Å²) in [5.74, 6) is 0.677. The zero-order valence-corrected chi connectivity index (χ0v) is 17.7. The van der Waals surface area contributed by atoms with Crippen LogP contribution in [0.2, 0.25) is 0 Å². The second-order valence-electron chi connectivity index (χ2n) is 6.88. The van der Waals surface area contributed by atoms with E-state index in [1.54, 1.807) is 37.6 Å². The van der Waals surface area contributed by atoms with Crippen molar-refractivity contribution in [2.45, 2.75) is 20.0 Å². The number of nitrogens with one attached hydrogen (secondary N) is 1. The number of esters is 1. The minimum absolute atomic E-state index is 0.289. The van der Waals surface area contributed by atoms with Crippen molar-refractivity contribution < 1.29 is 23.5 Å². The first-order chi connectivity index (χ1) is 15.1. The Morgan fingerprint density at radius 3 is 2.52 bits per heavy atom. The van der Waals surface area contributed by atoms with Crippen LogP contribution in [0.15, 0.2) is 71.3 Å². The van der Waals surface area contributed by atoms with E-state index in [-0.39, 0.29) is 12.5 Å². The Bertz CT molecular complexity index is 983. The van der Waals surface area contributed by atoms with Gasteiger partial charge in [-0.15, -0.1) is 0 Å². The number of ether oxygens (including phenoxy) is 2. The van der Waals surface area contributed by atoms with Gasteiger partial charge in [0.25, 0.3) is 5.91 Å². The standard InChI is InChI=1S/C24H26N2O5/c1-3-29-19-12-10-18(11-13-19)16-26(2)23(27)17-31-24(28)21-8-4-5-9-22(21)25-15-20-7-6-14-30-20/h4-14,25H,3,15-17H2,1-2H3. The zero-order chi connectivity index (χ0) is 22.1. The summed E-state index contributed by atoms with van der Waals surface area (Å²) in [7, 11) is 1.67. The number of likely N-dealkylation sites (N-methyl/N-ethyl adjacent to an activating group) is 1. The fourth-order valence-corrected chi connectivity index (χ4v) is 2.95. The molecule has 0 atom stereocenters. The third-order valence-electron chi connectivity index (χ3n) is 4.59. The molecular weight excluding hydrogens is 396 g/mol. The van der Waals surface area contributed by atoms with E-state index < -0.39 is 5.97 Å². The Balaban J connectivity index is 1.52. The average molecular weight is 422 g/mol. The highest BCUT2D eigenvalue weighted by Crippen LogP contribution is 2.18. The second kappa shape index (κ2) is 10.9. The monoisotopic (exact) mass is 422 g/mol. The van der Waals surface area contributed by atoms with Gasteiger partial charge in [0.05, 0.1) is 25.0 Å². The van der Waals surface area contributed by atoms with Crippen LogP contribution in [-0.2, 0) is 22.6 Å². The molecule has 1 aromatic heterocycles. The maximum atomic E-state index is 12.5. The number of carbonyl (C=O) groups is 2. The van der Waals surface area contributed by atoms with E-state index in [1.165, 1.54) is 4.90 Å². The van der Waals surface area contributed by atoms with Crippen LogP contribution in [0.3, 0.4) is 0 Å². The molecule has 0 aliphatic heterocycles. The lowest BCUT2D eigenvalue weighted by Gasteiger charge is -2.18. The van der Waals surface area contributed by atoms with Crippen LogP contribution < -0.4 is 10.1 Å². The molecule has 0 saturated carbocycles. The molecule has 7 heteroatoms. The minimum atomic E-state index is -0.564. The number of rotatable bonds is 10. The molecule has 0 radical (unpaired) electrons. The molecule has 0 saturated heterocycles. The molecule has 7 nitrogen and oxygen atoms in total. The minimum Gasteiger partial charge on any atom is -0.494 e. The van der Waals surface area contributed by atoms with Gasteiger partial charge in [0.2, 0.25) is 0 Å². The molecular formula is C24H26N2O5. The topological polar surface area (TPSA) is 81.0 Å². The maximum absolute atomic E-state index is 12.5. The Labute approximate surface area is 181 Å². The molecule has 1 N–H and O–H groups in total. The van der Waals surface area contributed by atoms with E-state index in [9.17, 15) is 9.59 Å². The van der Waals surface area contributed by atoms with Crippen molar-refractivity contribution in [3.63, 3.8) is 0 Å². The SMILES string of the molecule is CCOc1ccc(CN(C)C(=O)COC(=O)c2ccccc2NCc2ccco2)cc1. The summed E-state index contributed by atoms with van der Waals surface area (Å²) in [6, 6.07) is 18.2. The molecule has 1 amide bonds. The van der Waals surface area contributed by atoms with Gasteiger partial charge in [-0.1, -0.05) is 24.3 Å². The van der Waals surface area contributed by atoms with Crippen molar-refractivity contribution >= 4 is 17.6 Å². The highest BCUT2D eigenvalue weighted by atomic mass is 16.5. The molecule has 0 bridgehead atoms. The average Bonchev–Trinajstić information content (AvgIpc) is 3.31. The van der Waals surface area contributed by atoms with Crippen molar-refractivity contribution in [3.8, 4) is 5.75 Å². The number of amides is 1. The third-order valence-corrected chi connectivity index (χ3v) is 4.59. The van der Waals surface area contributed by atoms with Crippen LogP contribution in [-0.4, -0.2) is 37.0 Å². The van der Waals surface area contributed by atoms with Crippen LogP contribution in [0.25, 0.3) is 0 Å². The van der Waals surface area contributed by atoms with Gasteiger partial charge in [0.1, 0.15) is 11.5 Å². The molecule has 3 rings (SSSR count). The van der Waals surface area contributed by atoms with Crippen LogP contribution in [0.4, 0.5) is 5.69 Å². The van der Waals surface area contributed by atoms with Crippen molar-refractivity contribution in [1.29, 1.82) is 0 Å². The molecule has 2 aromatic carbocycles. The molecule has 3 aromatic rings. The smallest absolute Gasteiger partial charge is 0.340 e. The normalized spacial score (nSPS) is 10.4. The number of hydrogen-bond donors (Lipinski definition) is 1. The fourth-order valence-electron chi connectivity index (χ4n) is 2.95. The third kappa shape index (κ3) is 6.37. The van der Waals surface area contributed by atoms with Crippen molar-refractivity contribution in [1.82, 2.24) is 4.90 Å². The van der Waals surface area contributed by atoms with E-state index in [1.807, 2.05) is 43.3 Å². The molecule has 31 heavy (non-hydrogen) atoms. The quantitative estimate of drug-likeness (QED) is 0.496. The molecule has 0 spiro atoms. The van der Waals surface area contributed by atoms with Gasteiger partial charge in [-0.05, 0) is 48.9 Å². The first-order valence-corrected chi connectivity index (χ1v) is 10.0. The van der Waals surface area contributed by atoms with Crippen LogP contribution in [0, 0.1) is 0 Å². The maximum Gasteiger partial charge on any atom is 0.340 e. The van der Waals surface area contributed by atoms with Crippen LogP contribution >= 0.6 is 0 Å². The van der Waals surface area contributed by atoms with Gasteiger partial charge in [-0.2, -0.15) is 0 Å². The molecule has 0 fully saturated rings. The van der Waals surface area contributed by atoms with Crippen LogP contribution in [0.1, 0.15) is 28.6 Å². The van der Waals surface area contributed by atoms with Gasteiger partial charge in [-0.25, -0.2) is 4.79 Å². The van der Waals surface area contributed by atoms with Gasteiger partial charge < -0.3 is 24.1 Å². The molecule has 162 valence electrons. The summed E-state index contributed by atoms with van der Waals surface area (Å²) in [4.78, 5) is 26.5. The summed E-state index contributed by atoms with van der Waals surface area (Å²) in [5, 5.41) is 3.15. The van der Waals surface area contributed by atoms with Gasteiger partial charge in [0.15, 0.2) is 6.61 Å². The largest absolute Gasteiger partial charge is 0.494 e. The Kier molecular flexibility index (Phi) is 7.70. The van der Waals surface area contributed by atoms with Crippen molar-refractivity contribution in [3.05, 3.63) is 83.8 Å². The number of carbonyl (C=O) groups excluding carboxylic acids is 2. The van der Waals surface area contributed by atoms with Crippen LogP contribution in [0.5, 0.6) is 5.75 Å². The lowest BCUT2D eigenvalue weighted by Crippen LogP contribution is -2.30. The predicted octanol–water partition coefficient (Wildman–Crippen LogP) is 4.11. The number of furan rings is 1. The van der Waals surface area contributed by atoms with Gasteiger partial charge in [-0.3, -0.25) is 4.79 Å². The lowest BCUT2D eigenvalue weighted by atomic mass is 10.2. The summed E-state index contributed by atoms with van der Waals surface area (Å²) >= 11 is 0. The fraction of sp³-hybridized carbons (Fsp3) is 0.250. The summed E-state index contributed by atoms with van der Waals surface area (Å²) in [6.45, 7) is 3.03. The van der Waals surface area contributed by atoms with Crippen molar-refractivity contribution in [2.75, 3.05) is 25.6 Å². The van der Waals surface area contributed by atoms with E-state index in [0.29, 0.717) is 30.9 Å². The highest BCUT2D eigenvalue weighted by molar-refractivity contribution is 5.96. The highest BCUT2D eigenvalue weighted by Gasteiger charge is 2.16. The summed E-state index contributed by atoms with van der Waals surface area (Å²) in [6.07, 6.45) is 1.59. The Morgan fingerprint density at radius 2 is 1.81 bits per heavy atom. The van der Waals surface area contributed by atoms with Crippen molar-refractivity contribution in [2.24, 2.45) is 0 Å². The lowest BCUT2D eigenvalue weighted by molar-refractivity contribution is -0.133. The number of nitrogens with zero attached hydrogens (tertiary/aromatic N) is 1. The number of anilines is 1. The first kappa shape index (κ1) is 22.0. The predicted molar refractivity (Wildman–Crippen MR) is 117 cm³/mol. The number of para-hydroxylation sites is 1. The second-order valence-corrected chi connectivity index (χ2v) is 6.88. The summed E-state index contributed by atoms with van der Waals surface area (Å²) < 4.78 is 16.0. The molecule has 1 heterocycles. The Hall–Kier alpha value is -3.74. The molecule has 0 aliphatic carbocycles. The number of hydrogen-bond acceptors (Lipinski definition) is 6. The van der Waals surface area contributed by atoms with E-state index >= 15 is 0 Å². The number of benzene rings is 2. The van der Waals surface area contributed by atoms with E-state index in [4.69, 9.17) is 13.9 Å². The van der Waals surface area contributed by atoms with Gasteiger partial charge in [0, 0.05) is 19.3 Å². The van der Waals surface area contributed by atoms with E-state index in [2.05, 4.69) is 5.32 Å². The Morgan fingerprint density at radius 1 is 1.03 bits per heavy atom. The van der Waals surface area contributed by atoms with E-state index in [0.717, 1.165) is 17.1 Å². The molecule has 0 aliphatic rings. The first-order valence-electron chi connectivity index (χ1n) is 10.0. The van der Waals surface area contributed by atoms with Gasteiger partial charge >= 0.3 is 5.97 Å². The molecule has 0 unspecified atom stereocenters.